The Morgan fingerprint density at radius 1 is 1.33 bits per heavy atom. The van der Waals surface area contributed by atoms with Crippen LogP contribution in [0.15, 0.2) is 24.3 Å². The molecule has 0 heterocycles. The van der Waals surface area contributed by atoms with E-state index in [4.69, 9.17) is 4.74 Å². The Morgan fingerprint density at radius 2 is 1.93 bits per heavy atom. The van der Waals surface area contributed by atoms with E-state index in [0.717, 1.165) is 13.0 Å². The van der Waals surface area contributed by atoms with Crippen LogP contribution >= 0.6 is 0 Å². The van der Waals surface area contributed by atoms with Crippen LogP contribution in [0.25, 0.3) is 0 Å². The molecule has 15 heavy (non-hydrogen) atoms. The Morgan fingerprint density at radius 3 is 2.40 bits per heavy atom. The van der Waals surface area contributed by atoms with E-state index >= 15 is 0 Å². The Balaban J connectivity index is 2.70. The van der Waals surface area contributed by atoms with Crippen LogP contribution < -0.4 is 10.1 Å². The number of nitrogens with one attached hydrogen (secondary N) is 1. The van der Waals surface area contributed by atoms with Crippen molar-refractivity contribution >= 4 is 0 Å². The van der Waals surface area contributed by atoms with E-state index in [1.165, 1.54) is 12.1 Å². The maximum atomic E-state index is 12.7. The predicted octanol–water partition coefficient (Wildman–Crippen LogP) is 2.59. The van der Waals surface area contributed by atoms with Gasteiger partial charge in [-0.25, -0.2) is 4.39 Å². The van der Waals surface area contributed by atoms with Gasteiger partial charge >= 0.3 is 0 Å². The average Bonchev–Trinajstić information content (AvgIpc) is 2.22. The first kappa shape index (κ1) is 12.0. The van der Waals surface area contributed by atoms with Crippen molar-refractivity contribution in [1.29, 1.82) is 0 Å². The van der Waals surface area contributed by atoms with Crippen molar-refractivity contribution in [1.82, 2.24) is 5.32 Å². The fourth-order valence-corrected chi connectivity index (χ4v) is 1.39. The first-order valence-electron chi connectivity index (χ1n) is 5.19. The van der Waals surface area contributed by atoms with E-state index in [0.29, 0.717) is 5.75 Å². The molecule has 1 rings (SSSR count). The minimum atomic E-state index is -0.243. The van der Waals surface area contributed by atoms with Crippen molar-refractivity contribution < 1.29 is 9.13 Å². The highest BCUT2D eigenvalue weighted by atomic mass is 19.1. The summed E-state index contributed by atoms with van der Waals surface area (Å²) < 4.78 is 18.5. The van der Waals surface area contributed by atoms with Gasteiger partial charge in [0, 0.05) is 6.54 Å². The molecular weight excluding hydrogens is 193 g/mol. The van der Waals surface area contributed by atoms with Crippen LogP contribution in [0.2, 0.25) is 0 Å². The van der Waals surface area contributed by atoms with E-state index < -0.39 is 0 Å². The standard InChI is InChI=1S/C12H18FNO/c1-4-12(2,9-14-3)15-11-7-5-10(13)6-8-11/h5-8,14H,4,9H2,1-3H3. The molecule has 1 atom stereocenters. The van der Waals surface area contributed by atoms with E-state index in [1.807, 2.05) is 14.0 Å². The van der Waals surface area contributed by atoms with Gasteiger partial charge in [0.15, 0.2) is 0 Å². The number of hydrogen-bond acceptors (Lipinski definition) is 2. The van der Waals surface area contributed by atoms with Gasteiger partial charge < -0.3 is 10.1 Å². The number of ether oxygens (including phenoxy) is 1. The quantitative estimate of drug-likeness (QED) is 0.808. The molecule has 0 radical (unpaired) electrons. The fourth-order valence-electron chi connectivity index (χ4n) is 1.39. The summed E-state index contributed by atoms with van der Waals surface area (Å²) in [5, 5.41) is 3.09. The van der Waals surface area contributed by atoms with Crippen LogP contribution in [0, 0.1) is 5.82 Å². The summed E-state index contributed by atoms with van der Waals surface area (Å²) in [6.07, 6.45) is 0.894. The summed E-state index contributed by atoms with van der Waals surface area (Å²) >= 11 is 0. The minimum Gasteiger partial charge on any atom is -0.486 e. The van der Waals surface area contributed by atoms with Crippen molar-refractivity contribution in [3.63, 3.8) is 0 Å². The lowest BCUT2D eigenvalue weighted by Crippen LogP contribution is -2.41. The van der Waals surface area contributed by atoms with Crippen LogP contribution in [-0.2, 0) is 0 Å². The molecule has 1 N–H and O–H groups in total. The fraction of sp³-hybridized carbons (Fsp3) is 0.500. The summed E-state index contributed by atoms with van der Waals surface area (Å²) in [5.41, 5.74) is -0.243. The molecule has 1 aromatic rings. The molecule has 0 aliphatic heterocycles. The molecule has 0 saturated heterocycles. The summed E-state index contributed by atoms with van der Waals surface area (Å²) in [7, 11) is 1.89. The number of hydrogen-bond donors (Lipinski definition) is 1. The largest absolute Gasteiger partial charge is 0.486 e. The van der Waals surface area contributed by atoms with E-state index in [2.05, 4.69) is 12.2 Å². The van der Waals surface area contributed by atoms with Gasteiger partial charge in [0.2, 0.25) is 0 Å². The second-order valence-electron chi connectivity index (χ2n) is 3.89. The van der Waals surface area contributed by atoms with Crippen molar-refractivity contribution in [2.45, 2.75) is 25.9 Å². The van der Waals surface area contributed by atoms with E-state index in [1.54, 1.807) is 12.1 Å². The summed E-state index contributed by atoms with van der Waals surface area (Å²) in [6, 6.07) is 6.12. The molecule has 2 nitrogen and oxygen atoms in total. The molecule has 84 valence electrons. The zero-order valence-electron chi connectivity index (χ0n) is 9.51. The zero-order chi connectivity index (χ0) is 11.3. The van der Waals surface area contributed by atoms with Crippen molar-refractivity contribution in [2.75, 3.05) is 13.6 Å². The van der Waals surface area contributed by atoms with Crippen molar-refractivity contribution in [2.24, 2.45) is 0 Å². The summed E-state index contributed by atoms with van der Waals surface area (Å²) in [6.45, 7) is 4.87. The average molecular weight is 211 g/mol. The molecule has 0 spiro atoms. The van der Waals surface area contributed by atoms with Crippen LogP contribution in [-0.4, -0.2) is 19.2 Å². The Kier molecular flexibility index (Phi) is 4.09. The van der Waals surface area contributed by atoms with Gasteiger partial charge in [-0.3, -0.25) is 0 Å². The van der Waals surface area contributed by atoms with Gasteiger partial charge in [-0.05, 0) is 44.7 Å². The first-order valence-corrected chi connectivity index (χ1v) is 5.19. The SMILES string of the molecule is CCC(C)(CNC)Oc1ccc(F)cc1. The monoisotopic (exact) mass is 211 g/mol. The van der Waals surface area contributed by atoms with E-state index in [-0.39, 0.29) is 11.4 Å². The Bertz CT molecular complexity index is 299. The molecular formula is C12H18FNO. The zero-order valence-corrected chi connectivity index (χ0v) is 9.51. The molecule has 0 amide bonds. The summed E-state index contributed by atoms with van der Waals surface area (Å²) in [5.74, 6) is 0.463. The highest BCUT2D eigenvalue weighted by Gasteiger charge is 2.22. The predicted molar refractivity (Wildman–Crippen MR) is 59.7 cm³/mol. The number of halogens is 1. The summed E-state index contributed by atoms with van der Waals surface area (Å²) in [4.78, 5) is 0. The van der Waals surface area contributed by atoms with Crippen molar-refractivity contribution in [3.05, 3.63) is 30.1 Å². The third-order valence-corrected chi connectivity index (χ3v) is 2.48. The van der Waals surface area contributed by atoms with Crippen LogP contribution in [0.1, 0.15) is 20.3 Å². The maximum absolute atomic E-state index is 12.7. The molecule has 1 unspecified atom stereocenters. The lowest BCUT2D eigenvalue weighted by Gasteiger charge is -2.29. The number of rotatable bonds is 5. The molecule has 0 aromatic heterocycles. The van der Waals surface area contributed by atoms with Gasteiger partial charge in [0.25, 0.3) is 0 Å². The lowest BCUT2D eigenvalue weighted by molar-refractivity contribution is 0.0857. The van der Waals surface area contributed by atoms with Gasteiger partial charge in [-0.1, -0.05) is 6.92 Å². The van der Waals surface area contributed by atoms with Gasteiger partial charge in [0.05, 0.1) is 0 Å². The highest BCUT2D eigenvalue weighted by molar-refractivity contribution is 5.23. The maximum Gasteiger partial charge on any atom is 0.123 e. The number of likely N-dealkylation sites (N-methyl/N-ethyl adjacent to an activating group) is 1. The van der Waals surface area contributed by atoms with Gasteiger partial charge in [-0.2, -0.15) is 0 Å². The normalized spacial score (nSPS) is 14.7. The smallest absolute Gasteiger partial charge is 0.123 e. The second-order valence-corrected chi connectivity index (χ2v) is 3.89. The number of benzene rings is 1. The van der Waals surface area contributed by atoms with Crippen LogP contribution in [0.5, 0.6) is 5.75 Å². The third-order valence-electron chi connectivity index (χ3n) is 2.48. The topological polar surface area (TPSA) is 21.3 Å². The van der Waals surface area contributed by atoms with Gasteiger partial charge in [0.1, 0.15) is 17.2 Å². The van der Waals surface area contributed by atoms with Crippen molar-refractivity contribution in [3.8, 4) is 5.75 Å². The van der Waals surface area contributed by atoms with Crippen LogP contribution in [0.3, 0.4) is 0 Å². The molecule has 0 saturated carbocycles. The molecule has 0 aliphatic rings. The minimum absolute atomic E-state index is 0.242. The third kappa shape index (κ3) is 3.51. The molecule has 0 bridgehead atoms. The second kappa shape index (κ2) is 5.12. The lowest BCUT2D eigenvalue weighted by atomic mass is 10.0. The molecule has 3 heteroatoms. The first-order chi connectivity index (χ1) is 7.09. The highest BCUT2D eigenvalue weighted by Crippen LogP contribution is 2.20. The molecule has 1 aromatic carbocycles. The van der Waals surface area contributed by atoms with Crippen LogP contribution in [0.4, 0.5) is 4.39 Å². The molecule has 0 fully saturated rings. The Hall–Kier alpha value is -1.09. The Labute approximate surface area is 90.4 Å². The van der Waals surface area contributed by atoms with Gasteiger partial charge in [-0.15, -0.1) is 0 Å². The molecule has 0 aliphatic carbocycles. The van der Waals surface area contributed by atoms with E-state index in [9.17, 15) is 4.39 Å².